The maximum atomic E-state index is 8.94. The largest absolute Gasteiger partial charge is 0.493 e. The van der Waals surface area contributed by atoms with Gasteiger partial charge < -0.3 is 14.8 Å². The maximum absolute atomic E-state index is 8.94. The lowest BCUT2D eigenvalue weighted by atomic mass is 10.1. The molecule has 1 saturated heterocycles. The van der Waals surface area contributed by atoms with Crippen LogP contribution in [0.2, 0.25) is 0 Å². The molecule has 3 rings (SSSR count). The van der Waals surface area contributed by atoms with Gasteiger partial charge in [0.15, 0.2) is 0 Å². The minimum Gasteiger partial charge on any atom is -0.493 e. The van der Waals surface area contributed by atoms with E-state index in [4.69, 9.17) is 14.7 Å². The van der Waals surface area contributed by atoms with Crippen molar-refractivity contribution in [3.05, 3.63) is 59.1 Å². The van der Waals surface area contributed by atoms with Crippen molar-refractivity contribution in [2.75, 3.05) is 13.1 Å². The molecule has 1 aromatic carbocycles. The Labute approximate surface area is 137 Å². The molecule has 0 amide bonds. The summed E-state index contributed by atoms with van der Waals surface area (Å²) in [5.41, 5.74) is 1.68. The molecule has 1 aromatic rings. The number of rotatable bonds is 5. The number of allylic oxidation sites excluding steroid dienone is 3. The first-order chi connectivity index (χ1) is 11.3. The Morgan fingerprint density at radius 2 is 2.13 bits per heavy atom. The Morgan fingerprint density at radius 1 is 1.26 bits per heavy atom. The Hall–Kier alpha value is -2.25. The summed E-state index contributed by atoms with van der Waals surface area (Å²) in [5, 5.41) is 12.3. The molecule has 1 heterocycles. The van der Waals surface area contributed by atoms with E-state index in [0.717, 1.165) is 55.9 Å². The van der Waals surface area contributed by atoms with Crippen LogP contribution in [0.3, 0.4) is 0 Å². The van der Waals surface area contributed by atoms with Gasteiger partial charge in [-0.15, -0.1) is 0 Å². The average Bonchev–Trinajstić information content (AvgIpc) is 2.61. The van der Waals surface area contributed by atoms with Gasteiger partial charge in [0.05, 0.1) is 11.6 Å². The maximum Gasteiger partial charge on any atom is 0.119 e. The molecule has 1 aliphatic heterocycles. The van der Waals surface area contributed by atoms with Gasteiger partial charge >= 0.3 is 0 Å². The van der Waals surface area contributed by atoms with Crippen LogP contribution in [-0.4, -0.2) is 19.2 Å². The fraction of sp³-hybridized carbons (Fsp3) is 0.421. The van der Waals surface area contributed by atoms with Crippen molar-refractivity contribution < 1.29 is 9.47 Å². The third-order valence-electron chi connectivity index (χ3n) is 4.11. The van der Waals surface area contributed by atoms with Gasteiger partial charge in [0.2, 0.25) is 0 Å². The summed E-state index contributed by atoms with van der Waals surface area (Å²) in [5.74, 6) is 1.89. The van der Waals surface area contributed by atoms with E-state index < -0.39 is 0 Å². The predicted molar refractivity (Wildman–Crippen MR) is 88.3 cm³/mol. The molecule has 0 aromatic heterocycles. The molecule has 0 unspecified atom stereocenters. The molecular weight excluding hydrogens is 288 g/mol. The fourth-order valence-corrected chi connectivity index (χ4v) is 2.85. The number of nitriles is 1. The number of hydrogen-bond donors (Lipinski definition) is 1. The molecule has 0 radical (unpaired) electrons. The molecular formula is C19H22N2O2. The molecule has 23 heavy (non-hydrogen) atoms. The van der Waals surface area contributed by atoms with E-state index in [1.807, 2.05) is 24.3 Å². The zero-order chi connectivity index (χ0) is 15.9. The number of hydrogen-bond acceptors (Lipinski definition) is 4. The SMILES string of the molecule is N#Cc1cccc(COC2=CC(OC3CCNCC3)=CCC2)c1. The van der Waals surface area contributed by atoms with Crippen LogP contribution in [0.1, 0.15) is 36.8 Å². The van der Waals surface area contributed by atoms with Crippen LogP contribution in [0.4, 0.5) is 0 Å². The van der Waals surface area contributed by atoms with E-state index in [1.165, 1.54) is 0 Å². The molecule has 0 spiro atoms. The molecule has 120 valence electrons. The Balaban J connectivity index is 1.55. The first kappa shape index (κ1) is 15.6. The van der Waals surface area contributed by atoms with Crippen LogP contribution in [-0.2, 0) is 16.1 Å². The van der Waals surface area contributed by atoms with Crippen molar-refractivity contribution >= 4 is 0 Å². The molecule has 0 bridgehead atoms. The summed E-state index contributed by atoms with van der Waals surface area (Å²) in [6.45, 7) is 2.54. The van der Waals surface area contributed by atoms with E-state index in [1.54, 1.807) is 6.07 Å². The summed E-state index contributed by atoms with van der Waals surface area (Å²) in [6.07, 6.45) is 8.43. The first-order valence-corrected chi connectivity index (χ1v) is 8.23. The molecule has 1 aliphatic carbocycles. The number of piperidine rings is 1. The highest BCUT2D eigenvalue weighted by molar-refractivity contribution is 5.32. The molecule has 1 N–H and O–H groups in total. The second-order valence-electron chi connectivity index (χ2n) is 5.92. The van der Waals surface area contributed by atoms with Crippen LogP contribution in [0.5, 0.6) is 0 Å². The number of benzene rings is 1. The van der Waals surface area contributed by atoms with Crippen molar-refractivity contribution in [1.29, 1.82) is 5.26 Å². The third kappa shape index (κ3) is 4.61. The molecule has 0 atom stereocenters. The van der Waals surface area contributed by atoms with Crippen LogP contribution in [0.25, 0.3) is 0 Å². The normalized spacial score (nSPS) is 18.6. The van der Waals surface area contributed by atoms with Crippen molar-refractivity contribution in [1.82, 2.24) is 5.32 Å². The van der Waals surface area contributed by atoms with Gasteiger partial charge in [0, 0.05) is 12.5 Å². The summed E-state index contributed by atoms with van der Waals surface area (Å²) in [6, 6.07) is 9.69. The van der Waals surface area contributed by atoms with E-state index in [2.05, 4.69) is 17.5 Å². The fourth-order valence-electron chi connectivity index (χ4n) is 2.85. The van der Waals surface area contributed by atoms with Gasteiger partial charge in [-0.05, 0) is 56.1 Å². The highest BCUT2D eigenvalue weighted by atomic mass is 16.5. The monoisotopic (exact) mass is 310 g/mol. The van der Waals surface area contributed by atoms with Gasteiger partial charge in [-0.2, -0.15) is 5.26 Å². The summed E-state index contributed by atoms with van der Waals surface area (Å²) >= 11 is 0. The van der Waals surface area contributed by atoms with E-state index in [-0.39, 0.29) is 0 Å². The second-order valence-corrected chi connectivity index (χ2v) is 5.92. The number of nitrogens with one attached hydrogen (secondary N) is 1. The van der Waals surface area contributed by atoms with Crippen molar-refractivity contribution in [2.45, 2.75) is 38.4 Å². The topological polar surface area (TPSA) is 54.3 Å². The number of nitrogens with zero attached hydrogens (tertiary/aromatic N) is 1. The predicted octanol–water partition coefficient (Wildman–Crippen LogP) is 3.41. The molecule has 4 nitrogen and oxygen atoms in total. The molecule has 1 fully saturated rings. The lowest BCUT2D eigenvalue weighted by molar-refractivity contribution is 0.0913. The smallest absolute Gasteiger partial charge is 0.119 e. The lowest BCUT2D eigenvalue weighted by Gasteiger charge is -2.25. The van der Waals surface area contributed by atoms with E-state index in [0.29, 0.717) is 18.3 Å². The van der Waals surface area contributed by atoms with Crippen molar-refractivity contribution in [3.8, 4) is 6.07 Å². The molecule has 2 aliphatic rings. The highest BCUT2D eigenvalue weighted by Gasteiger charge is 2.16. The molecule has 0 saturated carbocycles. The zero-order valence-electron chi connectivity index (χ0n) is 13.3. The minimum atomic E-state index is 0.311. The first-order valence-electron chi connectivity index (χ1n) is 8.23. The Morgan fingerprint density at radius 3 is 2.96 bits per heavy atom. The third-order valence-corrected chi connectivity index (χ3v) is 4.11. The average molecular weight is 310 g/mol. The Bertz CT molecular complexity index is 637. The van der Waals surface area contributed by atoms with Gasteiger partial charge in [-0.3, -0.25) is 0 Å². The lowest BCUT2D eigenvalue weighted by Crippen LogP contribution is -2.32. The summed E-state index contributed by atoms with van der Waals surface area (Å²) < 4.78 is 12.0. The minimum absolute atomic E-state index is 0.311. The van der Waals surface area contributed by atoms with E-state index in [9.17, 15) is 0 Å². The second kappa shape index (κ2) is 7.85. The van der Waals surface area contributed by atoms with Crippen LogP contribution < -0.4 is 5.32 Å². The van der Waals surface area contributed by atoms with Crippen LogP contribution in [0, 0.1) is 11.3 Å². The summed E-state index contributed by atoms with van der Waals surface area (Å²) in [4.78, 5) is 0. The van der Waals surface area contributed by atoms with Crippen LogP contribution >= 0.6 is 0 Å². The number of ether oxygens (including phenoxy) is 2. The standard InChI is InChI=1S/C19H22N2O2/c20-13-15-3-1-4-16(11-15)14-22-18-5-2-6-19(12-18)23-17-7-9-21-10-8-17/h1,3-4,6,11-12,17,21H,2,5,7-10,14H2. The zero-order valence-corrected chi connectivity index (χ0v) is 13.3. The molecule has 4 heteroatoms. The highest BCUT2D eigenvalue weighted by Crippen LogP contribution is 2.23. The summed E-state index contributed by atoms with van der Waals surface area (Å²) in [7, 11) is 0. The van der Waals surface area contributed by atoms with Crippen molar-refractivity contribution in [3.63, 3.8) is 0 Å². The van der Waals surface area contributed by atoms with Crippen molar-refractivity contribution in [2.24, 2.45) is 0 Å². The van der Waals surface area contributed by atoms with Crippen LogP contribution in [0.15, 0.2) is 47.9 Å². The quantitative estimate of drug-likeness (QED) is 0.905. The van der Waals surface area contributed by atoms with E-state index >= 15 is 0 Å². The van der Waals surface area contributed by atoms with Gasteiger partial charge in [-0.25, -0.2) is 0 Å². The van der Waals surface area contributed by atoms with Gasteiger partial charge in [-0.1, -0.05) is 12.1 Å². The van der Waals surface area contributed by atoms with Gasteiger partial charge in [0.1, 0.15) is 24.2 Å². The van der Waals surface area contributed by atoms with Gasteiger partial charge in [0.25, 0.3) is 0 Å². The Kier molecular flexibility index (Phi) is 5.33.